The Balaban J connectivity index is 1.93. The van der Waals surface area contributed by atoms with E-state index in [1.807, 2.05) is 25.1 Å². The van der Waals surface area contributed by atoms with E-state index in [9.17, 15) is 9.90 Å². The topological polar surface area (TPSA) is 58.4 Å². The van der Waals surface area contributed by atoms with Gasteiger partial charge in [-0.1, -0.05) is 23.7 Å². The van der Waals surface area contributed by atoms with Crippen molar-refractivity contribution in [2.75, 3.05) is 13.2 Å². The highest BCUT2D eigenvalue weighted by Gasteiger charge is 2.31. The number of likely N-dealkylation sites (tertiary alicyclic amines) is 1. The van der Waals surface area contributed by atoms with E-state index < -0.39 is 0 Å². The molecule has 22 heavy (non-hydrogen) atoms. The average Bonchev–Trinajstić information content (AvgIpc) is 3.13. The minimum atomic E-state index is -0.125. The van der Waals surface area contributed by atoms with Crippen LogP contribution in [0.4, 0.5) is 0 Å². The van der Waals surface area contributed by atoms with Gasteiger partial charge in [-0.15, -0.1) is 0 Å². The predicted molar refractivity (Wildman–Crippen MR) is 84.5 cm³/mol. The van der Waals surface area contributed by atoms with Crippen molar-refractivity contribution in [1.82, 2.24) is 14.7 Å². The summed E-state index contributed by atoms with van der Waals surface area (Å²) in [5, 5.41) is 14.4. The molecule has 0 unspecified atom stereocenters. The Bertz CT molecular complexity index is 698. The molecule has 116 valence electrons. The summed E-state index contributed by atoms with van der Waals surface area (Å²) in [5.74, 6) is -0.125. The molecule has 1 aromatic heterocycles. The molecule has 0 aliphatic carbocycles. The number of aryl methyl sites for hydroxylation is 1. The van der Waals surface area contributed by atoms with Gasteiger partial charge in [-0.25, -0.2) is 4.68 Å². The predicted octanol–water partition coefficient (Wildman–Crippen LogP) is 2.43. The van der Waals surface area contributed by atoms with Crippen molar-refractivity contribution in [1.29, 1.82) is 0 Å². The third-order valence-corrected chi connectivity index (χ3v) is 4.37. The highest BCUT2D eigenvalue weighted by molar-refractivity contribution is 6.32. The number of hydrogen-bond acceptors (Lipinski definition) is 3. The lowest BCUT2D eigenvalue weighted by Gasteiger charge is -2.22. The lowest BCUT2D eigenvalue weighted by Crippen LogP contribution is -2.38. The Labute approximate surface area is 134 Å². The van der Waals surface area contributed by atoms with Gasteiger partial charge in [0, 0.05) is 18.3 Å². The number of aromatic nitrogens is 2. The van der Waals surface area contributed by atoms with Crippen LogP contribution in [-0.4, -0.2) is 44.9 Å². The molecule has 0 spiro atoms. The standard InChI is InChI=1S/C16H18ClN3O2/c1-11-9-20(14-7-3-2-6-13(14)17)18-15(11)16(22)19-8-4-5-12(19)10-21/h2-3,6-7,9,12,21H,4-5,8,10H2,1H3/t12-/m1/s1. The molecule has 1 N–H and O–H groups in total. The number of amides is 1. The van der Waals surface area contributed by atoms with E-state index in [1.165, 1.54) is 0 Å². The molecule has 1 amide bonds. The highest BCUT2D eigenvalue weighted by atomic mass is 35.5. The number of aliphatic hydroxyl groups excluding tert-OH is 1. The number of rotatable bonds is 3. The maximum Gasteiger partial charge on any atom is 0.274 e. The van der Waals surface area contributed by atoms with E-state index in [-0.39, 0.29) is 18.6 Å². The van der Waals surface area contributed by atoms with Crippen LogP contribution < -0.4 is 0 Å². The van der Waals surface area contributed by atoms with Crippen LogP contribution in [-0.2, 0) is 0 Å². The molecule has 0 radical (unpaired) electrons. The SMILES string of the molecule is Cc1cn(-c2ccccc2Cl)nc1C(=O)N1CCC[C@@H]1CO. The first-order chi connectivity index (χ1) is 10.6. The second-order valence-corrected chi connectivity index (χ2v) is 5.94. The molecule has 5 nitrogen and oxygen atoms in total. The number of benzene rings is 1. The van der Waals surface area contributed by atoms with Crippen molar-refractivity contribution < 1.29 is 9.90 Å². The van der Waals surface area contributed by atoms with Gasteiger partial charge in [0.15, 0.2) is 5.69 Å². The Morgan fingerprint density at radius 3 is 2.95 bits per heavy atom. The van der Waals surface area contributed by atoms with E-state index in [0.29, 0.717) is 17.3 Å². The summed E-state index contributed by atoms with van der Waals surface area (Å²) in [6, 6.07) is 7.27. The Hall–Kier alpha value is -1.85. The Morgan fingerprint density at radius 2 is 2.23 bits per heavy atom. The number of hydrogen-bond donors (Lipinski definition) is 1. The first kappa shape index (κ1) is 15.1. The van der Waals surface area contributed by atoms with Gasteiger partial charge in [0.25, 0.3) is 5.91 Å². The fourth-order valence-corrected chi connectivity index (χ4v) is 3.08. The molecule has 2 heterocycles. The van der Waals surface area contributed by atoms with Gasteiger partial charge in [0.1, 0.15) is 0 Å². The number of para-hydroxylation sites is 1. The molecule has 3 rings (SSSR count). The van der Waals surface area contributed by atoms with E-state index >= 15 is 0 Å². The number of carbonyl (C=O) groups is 1. The third kappa shape index (κ3) is 2.62. The van der Waals surface area contributed by atoms with Gasteiger partial charge in [-0.2, -0.15) is 5.10 Å². The molecular formula is C16H18ClN3O2. The molecule has 1 aromatic carbocycles. The number of nitrogens with zero attached hydrogens (tertiary/aromatic N) is 3. The maximum absolute atomic E-state index is 12.7. The first-order valence-corrected chi connectivity index (χ1v) is 7.72. The van der Waals surface area contributed by atoms with Crippen molar-refractivity contribution in [3.8, 4) is 5.69 Å². The molecule has 6 heteroatoms. The summed E-state index contributed by atoms with van der Waals surface area (Å²) in [6.45, 7) is 2.52. The van der Waals surface area contributed by atoms with Gasteiger partial charge >= 0.3 is 0 Å². The molecule has 1 aliphatic rings. The lowest BCUT2D eigenvalue weighted by molar-refractivity contribution is 0.0670. The molecule has 1 aliphatic heterocycles. The fraction of sp³-hybridized carbons (Fsp3) is 0.375. The van der Waals surface area contributed by atoms with Crippen LogP contribution >= 0.6 is 11.6 Å². The summed E-state index contributed by atoms with van der Waals surface area (Å²) >= 11 is 6.18. The summed E-state index contributed by atoms with van der Waals surface area (Å²) < 4.78 is 1.63. The maximum atomic E-state index is 12.7. The van der Waals surface area contributed by atoms with Crippen LogP contribution in [0.15, 0.2) is 30.5 Å². The first-order valence-electron chi connectivity index (χ1n) is 7.35. The minimum Gasteiger partial charge on any atom is -0.394 e. The fourth-order valence-electron chi connectivity index (χ4n) is 2.86. The van der Waals surface area contributed by atoms with Gasteiger partial charge < -0.3 is 10.0 Å². The lowest BCUT2D eigenvalue weighted by atomic mass is 10.2. The van der Waals surface area contributed by atoms with Crippen LogP contribution in [0.1, 0.15) is 28.9 Å². The molecular weight excluding hydrogens is 302 g/mol. The molecule has 0 saturated carbocycles. The number of carbonyl (C=O) groups excluding carboxylic acids is 1. The van der Waals surface area contributed by atoms with E-state index in [1.54, 1.807) is 21.8 Å². The smallest absolute Gasteiger partial charge is 0.274 e. The van der Waals surface area contributed by atoms with E-state index in [0.717, 1.165) is 24.1 Å². The zero-order valence-corrected chi connectivity index (χ0v) is 13.1. The van der Waals surface area contributed by atoms with Crippen LogP contribution in [0, 0.1) is 6.92 Å². The zero-order valence-electron chi connectivity index (χ0n) is 12.4. The number of halogens is 1. The van der Waals surface area contributed by atoms with Crippen molar-refractivity contribution in [2.24, 2.45) is 0 Å². The largest absolute Gasteiger partial charge is 0.394 e. The highest BCUT2D eigenvalue weighted by Crippen LogP contribution is 2.23. The van der Waals surface area contributed by atoms with Crippen molar-refractivity contribution >= 4 is 17.5 Å². The normalized spacial score (nSPS) is 18.0. The van der Waals surface area contributed by atoms with Crippen molar-refractivity contribution in [2.45, 2.75) is 25.8 Å². The second-order valence-electron chi connectivity index (χ2n) is 5.53. The quantitative estimate of drug-likeness (QED) is 0.945. The Kier molecular flexibility index (Phi) is 4.18. The Morgan fingerprint density at radius 1 is 1.45 bits per heavy atom. The van der Waals surface area contributed by atoms with Crippen LogP contribution in [0.2, 0.25) is 5.02 Å². The average molecular weight is 320 g/mol. The second kappa shape index (κ2) is 6.10. The summed E-state index contributed by atoms with van der Waals surface area (Å²) in [4.78, 5) is 14.4. The van der Waals surface area contributed by atoms with Gasteiger partial charge in [-0.05, 0) is 31.9 Å². The van der Waals surface area contributed by atoms with Gasteiger partial charge in [0.05, 0.1) is 23.4 Å². The van der Waals surface area contributed by atoms with Crippen molar-refractivity contribution in [3.63, 3.8) is 0 Å². The van der Waals surface area contributed by atoms with Crippen LogP contribution in [0.5, 0.6) is 0 Å². The van der Waals surface area contributed by atoms with Gasteiger partial charge in [-0.3, -0.25) is 4.79 Å². The van der Waals surface area contributed by atoms with Crippen molar-refractivity contribution in [3.05, 3.63) is 46.7 Å². The van der Waals surface area contributed by atoms with E-state index in [4.69, 9.17) is 11.6 Å². The monoisotopic (exact) mass is 319 g/mol. The third-order valence-electron chi connectivity index (χ3n) is 4.05. The van der Waals surface area contributed by atoms with E-state index in [2.05, 4.69) is 5.10 Å². The summed E-state index contributed by atoms with van der Waals surface area (Å²) in [5.41, 5.74) is 1.96. The summed E-state index contributed by atoms with van der Waals surface area (Å²) in [7, 11) is 0. The van der Waals surface area contributed by atoms with Gasteiger partial charge in [0.2, 0.25) is 0 Å². The zero-order chi connectivity index (χ0) is 15.7. The molecule has 2 aromatic rings. The minimum absolute atomic E-state index is 0.00396. The summed E-state index contributed by atoms with van der Waals surface area (Å²) in [6.07, 6.45) is 3.56. The number of aliphatic hydroxyl groups is 1. The van der Waals surface area contributed by atoms with Crippen LogP contribution in [0.3, 0.4) is 0 Å². The molecule has 1 atom stereocenters. The molecule has 0 bridgehead atoms. The molecule has 1 saturated heterocycles. The molecule has 1 fully saturated rings. The van der Waals surface area contributed by atoms with Crippen LogP contribution in [0.25, 0.3) is 5.69 Å².